The first-order valence-electron chi connectivity index (χ1n) is 26.4. The van der Waals surface area contributed by atoms with Crippen LogP contribution in [-0.2, 0) is 10.8 Å². The molecule has 0 heterocycles. The molecule has 1 nitrogen and oxygen atoms in total. The summed E-state index contributed by atoms with van der Waals surface area (Å²) in [4.78, 5) is 2.57. The molecule has 75 heavy (non-hydrogen) atoms. The number of nitrogens with zero attached hydrogens (tertiary/aromatic N) is 1. The van der Waals surface area contributed by atoms with Gasteiger partial charge in [0.1, 0.15) is 0 Å². The number of benzene rings is 13. The van der Waals surface area contributed by atoms with Crippen LogP contribution >= 0.6 is 0 Å². The lowest BCUT2D eigenvalue weighted by Gasteiger charge is -2.33. The van der Waals surface area contributed by atoms with Gasteiger partial charge in [-0.2, -0.15) is 0 Å². The molecule has 0 bridgehead atoms. The minimum Gasteiger partial charge on any atom is -0.310 e. The smallest absolute Gasteiger partial charge is 0.0726 e. The molecule has 3 aliphatic rings. The van der Waals surface area contributed by atoms with Crippen LogP contribution < -0.4 is 4.90 Å². The van der Waals surface area contributed by atoms with Crippen molar-refractivity contribution < 1.29 is 0 Å². The highest BCUT2D eigenvalue weighted by molar-refractivity contribution is 6.26. The van der Waals surface area contributed by atoms with Crippen LogP contribution in [0.4, 0.5) is 17.1 Å². The predicted octanol–water partition coefficient (Wildman–Crippen LogP) is 19.8. The van der Waals surface area contributed by atoms with Gasteiger partial charge >= 0.3 is 0 Å². The molecule has 0 unspecified atom stereocenters. The molecule has 0 radical (unpaired) electrons. The predicted molar refractivity (Wildman–Crippen MR) is 316 cm³/mol. The van der Waals surface area contributed by atoms with E-state index in [-0.39, 0.29) is 5.41 Å². The summed E-state index contributed by atoms with van der Waals surface area (Å²) in [6, 6.07) is 98.8. The van der Waals surface area contributed by atoms with Crippen LogP contribution in [0.3, 0.4) is 0 Å². The second-order valence-electron chi connectivity index (χ2n) is 21.5. The molecule has 0 aromatic heterocycles. The Morgan fingerprint density at radius 1 is 0.253 bits per heavy atom. The van der Waals surface area contributed by atoms with Gasteiger partial charge in [-0.05, 0) is 175 Å². The van der Waals surface area contributed by atoms with Crippen molar-refractivity contribution in [2.75, 3.05) is 4.90 Å². The molecule has 13 aromatic carbocycles. The van der Waals surface area contributed by atoms with E-state index in [0.717, 1.165) is 17.1 Å². The Hall–Kier alpha value is -9.30. The molecule has 1 heteroatoms. The number of hydrogen-bond donors (Lipinski definition) is 0. The molecule has 13 aromatic rings. The van der Waals surface area contributed by atoms with Crippen LogP contribution in [0, 0.1) is 0 Å². The largest absolute Gasteiger partial charge is 0.310 e. The minimum atomic E-state index is -0.530. The Morgan fingerprint density at radius 3 is 1.36 bits per heavy atom. The number of fused-ring (bicyclic) bond motifs is 20. The van der Waals surface area contributed by atoms with Gasteiger partial charge in [0.15, 0.2) is 0 Å². The molecule has 0 fully saturated rings. The second kappa shape index (κ2) is 15.6. The van der Waals surface area contributed by atoms with Crippen LogP contribution in [0.5, 0.6) is 0 Å². The molecule has 1 spiro atoms. The van der Waals surface area contributed by atoms with Crippen molar-refractivity contribution in [3.63, 3.8) is 0 Å². The first-order chi connectivity index (χ1) is 36.9. The van der Waals surface area contributed by atoms with Crippen molar-refractivity contribution in [2.24, 2.45) is 0 Å². The molecule has 0 N–H and O–H groups in total. The fraction of sp³-hybridized carbons (Fsp3) is 0.0541. The fourth-order valence-corrected chi connectivity index (χ4v) is 14.0. The highest BCUT2D eigenvalue weighted by Gasteiger charge is 2.52. The Balaban J connectivity index is 1.01. The van der Waals surface area contributed by atoms with Crippen LogP contribution in [0.2, 0.25) is 0 Å². The van der Waals surface area contributed by atoms with Gasteiger partial charge in [-0.1, -0.05) is 226 Å². The normalized spacial score (nSPS) is 13.9. The fourth-order valence-electron chi connectivity index (χ4n) is 14.0. The van der Waals surface area contributed by atoms with E-state index in [0.29, 0.717) is 0 Å². The van der Waals surface area contributed by atoms with E-state index in [2.05, 4.69) is 280 Å². The first kappa shape index (κ1) is 42.2. The zero-order valence-corrected chi connectivity index (χ0v) is 41.8. The summed E-state index contributed by atoms with van der Waals surface area (Å²) >= 11 is 0. The lowest BCUT2D eigenvalue weighted by molar-refractivity contribution is 0.660. The molecule has 0 amide bonds. The van der Waals surface area contributed by atoms with Gasteiger partial charge in [0.25, 0.3) is 0 Å². The molecule has 0 atom stereocenters. The molecule has 3 aliphatic carbocycles. The van der Waals surface area contributed by atoms with Gasteiger partial charge in [-0.25, -0.2) is 0 Å². The summed E-state index contributed by atoms with van der Waals surface area (Å²) < 4.78 is 0. The number of hydrogen-bond acceptors (Lipinski definition) is 1. The molecule has 350 valence electrons. The van der Waals surface area contributed by atoms with E-state index in [1.165, 1.54) is 132 Å². The second-order valence-corrected chi connectivity index (χ2v) is 21.5. The van der Waals surface area contributed by atoms with E-state index in [1.807, 2.05) is 0 Å². The van der Waals surface area contributed by atoms with Gasteiger partial charge in [0, 0.05) is 22.4 Å². The Bertz CT molecular complexity index is 4490. The quantitative estimate of drug-likeness (QED) is 0.155. The van der Waals surface area contributed by atoms with Crippen LogP contribution in [0.25, 0.3) is 98.7 Å². The number of anilines is 3. The van der Waals surface area contributed by atoms with Crippen molar-refractivity contribution >= 4 is 60.2 Å². The van der Waals surface area contributed by atoms with Crippen molar-refractivity contribution in [2.45, 2.75) is 24.7 Å². The van der Waals surface area contributed by atoms with Gasteiger partial charge in [-0.15, -0.1) is 0 Å². The molecule has 0 saturated heterocycles. The summed E-state index contributed by atoms with van der Waals surface area (Å²) in [5.74, 6) is 0. The summed E-state index contributed by atoms with van der Waals surface area (Å²) in [6.07, 6.45) is 0. The van der Waals surface area contributed by atoms with Crippen LogP contribution in [0.1, 0.15) is 47.2 Å². The Labute approximate surface area is 437 Å². The van der Waals surface area contributed by atoms with E-state index in [9.17, 15) is 0 Å². The van der Waals surface area contributed by atoms with Crippen molar-refractivity contribution in [3.05, 3.63) is 294 Å². The standard InChI is InChI=1S/C74H49N/c1-73(2)66-27-13-9-23-58(66)62-39-35-50(42-70(62)73)63-44-65-61-26-12-16-30-69(61)74(67-28-14-10-24-59(67)60-25-11-15-29-68(60)74)71(65)45-72(63)75(51-36-33-47(34-37-51)49-32-31-46-17-3-4-18-48(46)41-49)52-38-40-57-55-21-6-5-19-53(55)54-20-7-8-22-56(54)64(57)43-52/h3-45H,1-2H3. The number of rotatable bonds is 5. The average molecular weight is 952 g/mol. The third-order valence-electron chi connectivity index (χ3n) is 17.4. The molecule has 0 aliphatic heterocycles. The first-order valence-corrected chi connectivity index (χ1v) is 26.4. The van der Waals surface area contributed by atoms with Crippen LogP contribution in [-0.4, -0.2) is 0 Å². The molecular weight excluding hydrogens is 903 g/mol. The Morgan fingerprint density at radius 2 is 0.720 bits per heavy atom. The molecular formula is C74H49N. The van der Waals surface area contributed by atoms with Crippen molar-refractivity contribution in [1.29, 1.82) is 0 Å². The van der Waals surface area contributed by atoms with E-state index in [4.69, 9.17) is 0 Å². The maximum Gasteiger partial charge on any atom is 0.0726 e. The summed E-state index contributed by atoms with van der Waals surface area (Å²) in [5, 5.41) is 10.0. The highest BCUT2D eigenvalue weighted by Crippen LogP contribution is 2.64. The topological polar surface area (TPSA) is 3.24 Å². The Kier molecular flexibility index (Phi) is 8.79. The van der Waals surface area contributed by atoms with E-state index in [1.54, 1.807) is 0 Å². The van der Waals surface area contributed by atoms with Crippen molar-refractivity contribution in [1.82, 2.24) is 0 Å². The summed E-state index contributed by atoms with van der Waals surface area (Å²) in [6.45, 7) is 4.79. The monoisotopic (exact) mass is 951 g/mol. The van der Waals surface area contributed by atoms with Gasteiger partial charge in [0.2, 0.25) is 0 Å². The SMILES string of the molecule is CC1(C)c2ccccc2-c2ccc(-c3cc4c(cc3N(c3ccc(-c5ccc6ccccc6c5)cc3)c3ccc5c6ccccc6c6ccccc6c5c3)C3(c5ccccc5-c5ccccc53)c3ccccc3-4)cc21. The van der Waals surface area contributed by atoms with Gasteiger partial charge in [-0.3, -0.25) is 0 Å². The maximum absolute atomic E-state index is 2.59. The van der Waals surface area contributed by atoms with Crippen LogP contribution in [0.15, 0.2) is 261 Å². The van der Waals surface area contributed by atoms with E-state index >= 15 is 0 Å². The third kappa shape index (κ3) is 5.84. The van der Waals surface area contributed by atoms with Gasteiger partial charge < -0.3 is 4.90 Å². The van der Waals surface area contributed by atoms with E-state index < -0.39 is 5.41 Å². The average Bonchev–Trinajstić information content (AvgIpc) is 4.04. The van der Waals surface area contributed by atoms with Gasteiger partial charge in [0.05, 0.1) is 11.1 Å². The molecule has 0 saturated carbocycles. The third-order valence-corrected chi connectivity index (χ3v) is 17.4. The lowest BCUT2D eigenvalue weighted by Crippen LogP contribution is -2.26. The zero-order valence-electron chi connectivity index (χ0n) is 41.8. The summed E-state index contributed by atoms with van der Waals surface area (Å²) in [7, 11) is 0. The van der Waals surface area contributed by atoms with Crippen molar-refractivity contribution in [3.8, 4) is 55.6 Å². The highest BCUT2D eigenvalue weighted by atomic mass is 15.1. The molecule has 16 rings (SSSR count). The lowest BCUT2D eigenvalue weighted by atomic mass is 9.70. The summed E-state index contributed by atoms with van der Waals surface area (Å²) in [5.41, 5.74) is 23.3. The zero-order chi connectivity index (χ0) is 49.6. The minimum absolute atomic E-state index is 0.173. The maximum atomic E-state index is 2.59.